The van der Waals surface area contributed by atoms with Gasteiger partial charge < -0.3 is 88.2 Å². The largest absolute Gasteiger partial charge is 0.463 e. The van der Waals surface area contributed by atoms with Gasteiger partial charge in [-0.3, -0.25) is 57.3 Å². The summed E-state index contributed by atoms with van der Waals surface area (Å²) in [6.45, 7) is 0.400. The van der Waals surface area contributed by atoms with Crippen LogP contribution in [-0.2, 0) is 70.1 Å². The maximum atomic E-state index is 14.5. The zero-order valence-corrected chi connectivity index (χ0v) is 70.4. The lowest BCUT2D eigenvalue weighted by Gasteiger charge is -2.28. The van der Waals surface area contributed by atoms with Gasteiger partial charge in [0.05, 0.1) is 98.6 Å². The van der Waals surface area contributed by atoms with Crippen molar-refractivity contribution >= 4 is 126 Å². The van der Waals surface area contributed by atoms with Crippen molar-refractivity contribution < 1.29 is 120 Å². The van der Waals surface area contributed by atoms with Gasteiger partial charge in [0.2, 0.25) is 17.8 Å². The van der Waals surface area contributed by atoms with Crippen molar-refractivity contribution in [2.45, 2.75) is 151 Å². The van der Waals surface area contributed by atoms with Gasteiger partial charge >= 0.3 is 40.7 Å². The minimum absolute atomic E-state index is 0.0471. The van der Waals surface area contributed by atoms with Crippen LogP contribution in [0.5, 0.6) is 17.2 Å². The molecule has 12 N–H and O–H groups in total. The number of halogens is 6. The molecule has 45 heteroatoms. The van der Waals surface area contributed by atoms with Gasteiger partial charge in [-0.25, -0.2) is 26.9 Å². The number of fused-ring (bicyclic) bond motifs is 3. The Balaban J connectivity index is 0.000000197. The number of para-hydroxylation sites is 3. The Kier molecular flexibility index (Phi) is 27.6. The Morgan fingerprint density at radius 1 is 0.458 bits per heavy atom. The molecular formula is C75H93Cl3F3N12O24P3. The smallest absolute Gasteiger partial charge is 0.380 e. The van der Waals surface area contributed by atoms with E-state index in [9.17, 15) is 71.0 Å². The third-order valence-corrected chi connectivity index (χ3v) is 25.3. The number of hydrogen-bond acceptors (Lipinski definition) is 30. The summed E-state index contributed by atoms with van der Waals surface area (Å²) in [5.41, 5.74) is 15.0. The van der Waals surface area contributed by atoms with Crippen LogP contribution in [0.2, 0.25) is 0 Å². The van der Waals surface area contributed by atoms with Gasteiger partial charge in [-0.1, -0.05) is 75.4 Å². The van der Waals surface area contributed by atoms with Crippen molar-refractivity contribution in [1.29, 1.82) is 0 Å². The van der Waals surface area contributed by atoms with Crippen LogP contribution in [0.15, 0.2) is 142 Å². The number of H-pyrrole nitrogens is 3. The molecule has 4 unspecified atom stereocenters. The van der Waals surface area contributed by atoms with E-state index in [1.54, 1.807) is 96.1 Å². The number of aromatic amines is 3. The first kappa shape index (κ1) is 84.7. The topological polar surface area (TPSA) is 504 Å². The third-order valence-electron chi connectivity index (χ3n) is 18.2. The molecule has 3 aliphatic heterocycles. The number of nitrogen functional groups attached to an aromatic ring is 3. The summed E-state index contributed by atoms with van der Waals surface area (Å²) in [4.78, 5) is 86.6. The second kappa shape index (κ2) is 39.1. The van der Waals surface area contributed by atoms with Crippen molar-refractivity contribution in [1.82, 2.24) is 43.6 Å². The van der Waals surface area contributed by atoms with E-state index < -0.39 is 222 Å². The number of nitrogens with zero attached hydrogens (tertiary/aromatic N) is 6. The summed E-state index contributed by atoms with van der Waals surface area (Å²) in [5, 5.41) is 33.4. The minimum Gasteiger partial charge on any atom is -0.463 e. The highest BCUT2D eigenvalue weighted by Crippen LogP contribution is 2.56. The number of carbonyl (C=O) groups excluding carboxylic acids is 3. The number of hydrogen-bond donors (Lipinski definition) is 9. The molecule has 0 spiro atoms. The molecule has 654 valence electrons. The van der Waals surface area contributed by atoms with E-state index in [2.05, 4.69) is 29.9 Å². The molecule has 6 aromatic heterocycles. The van der Waals surface area contributed by atoms with E-state index in [1.807, 2.05) is 0 Å². The second-order valence-electron chi connectivity index (χ2n) is 28.9. The number of nitrogens with two attached hydrogens (primary N) is 3. The number of esters is 3. The van der Waals surface area contributed by atoms with Crippen LogP contribution in [-0.4, -0.2) is 205 Å². The number of nitrogens with one attached hydrogen (secondary N) is 3. The molecule has 36 nitrogen and oxygen atoms in total. The van der Waals surface area contributed by atoms with Gasteiger partial charge in [-0.15, -0.1) is 34.8 Å². The van der Waals surface area contributed by atoms with E-state index in [4.69, 9.17) is 116 Å². The van der Waals surface area contributed by atoms with Gasteiger partial charge in [0, 0.05) is 18.6 Å². The Hall–Kier alpha value is -8.88. The highest BCUT2D eigenvalue weighted by Gasteiger charge is 2.60. The van der Waals surface area contributed by atoms with Gasteiger partial charge in [-0.2, -0.15) is 15.0 Å². The number of benzene rings is 3. The number of aliphatic hydroxyl groups is 3. The summed E-state index contributed by atoms with van der Waals surface area (Å²) in [7, 11) is -13.7. The van der Waals surface area contributed by atoms with Crippen LogP contribution >= 0.6 is 57.6 Å². The summed E-state index contributed by atoms with van der Waals surface area (Å²) in [6, 6.07) is 27.2. The van der Waals surface area contributed by atoms with E-state index in [0.717, 1.165) is 13.7 Å². The van der Waals surface area contributed by atoms with Gasteiger partial charge in [0.1, 0.15) is 88.5 Å². The normalized spacial score (nSPS) is 26.2. The molecule has 9 heterocycles. The molecule has 3 fully saturated rings. The van der Waals surface area contributed by atoms with Crippen LogP contribution in [0.4, 0.5) is 31.0 Å². The molecule has 9 aromatic rings. The maximum Gasteiger partial charge on any atom is 0.380 e. The van der Waals surface area contributed by atoms with Crippen LogP contribution in [0, 0.1) is 17.8 Å². The van der Waals surface area contributed by atoms with Crippen molar-refractivity contribution in [3.8, 4) is 17.2 Å². The molecule has 0 radical (unpaired) electrons. The highest BCUT2D eigenvalue weighted by atomic mass is 35.5. The lowest BCUT2D eigenvalue weighted by molar-refractivity contribution is -0.152. The molecule has 3 aliphatic rings. The van der Waals surface area contributed by atoms with E-state index in [-0.39, 0.29) is 68.2 Å². The fourth-order valence-electron chi connectivity index (χ4n) is 12.4. The number of aromatic nitrogens is 9. The molecule has 3 saturated heterocycles. The first-order valence-corrected chi connectivity index (χ1v) is 43.2. The number of ether oxygens (including phenoxy) is 6. The molecule has 120 heavy (non-hydrogen) atoms. The predicted molar refractivity (Wildman–Crippen MR) is 435 cm³/mol. The fourth-order valence-corrected chi connectivity index (χ4v) is 18.4. The molecule has 0 saturated carbocycles. The summed E-state index contributed by atoms with van der Waals surface area (Å²) in [5.74, 6) is -5.96. The first-order chi connectivity index (χ1) is 58.8. The molecule has 0 amide bonds. The predicted octanol–water partition coefficient (Wildman–Crippen LogP) is 10.2. The standard InChI is InChI=1S/3C25H31ClFN4O8P/c3*1-14(2)37-22(34)15(3)12-40(35,39-16-7-5-4-6-8-16)36-11-18-19(32)25(26,13-27)23(38-18)31-10-9-17-20(31)29-24(28)30-21(17)33/h3*4-10,14-15,18-19,23,32H,11-13H2,1-3H3,(H3,28,29,30,33)/t15-,18-,19+,23-,25?,40?;15-,18-,19+,23-,25?,40+;15-,18-,19+,23-,25?,40-/m111/s1/i3*11D2. The number of alkyl halides is 6. The lowest BCUT2D eigenvalue weighted by Crippen LogP contribution is -2.44. The Morgan fingerprint density at radius 2 is 0.692 bits per heavy atom. The quantitative estimate of drug-likeness (QED) is 0.00798. The van der Waals surface area contributed by atoms with Crippen LogP contribution in [0.3, 0.4) is 0 Å². The second-order valence-corrected chi connectivity index (χ2v) is 36.8. The van der Waals surface area contributed by atoms with Crippen molar-refractivity contribution in [3.63, 3.8) is 0 Å². The van der Waals surface area contributed by atoms with Crippen molar-refractivity contribution in [2.75, 3.05) is 75.4 Å². The van der Waals surface area contributed by atoms with Gasteiger partial charge in [0.25, 0.3) is 16.7 Å². The minimum atomic E-state index is -4.56. The Bertz CT molecular complexity index is 5170. The van der Waals surface area contributed by atoms with Crippen molar-refractivity contribution in [2.24, 2.45) is 17.8 Å². The lowest BCUT2D eigenvalue weighted by atomic mass is 10.00. The zero-order chi connectivity index (χ0) is 93.1. The summed E-state index contributed by atoms with van der Waals surface area (Å²) >= 11 is 19.6. The van der Waals surface area contributed by atoms with E-state index in [1.165, 1.54) is 94.0 Å². The monoisotopic (exact) mass is 1810 g/mol. The zero-order valence-electron chi connectivity index (χ0n) is 71.5. The molecular weight excluding hydrogens is 1710 g/mol. The molecule has 3 aromatic carbocycles. The summed E-state index contributed by atoms with van der Waals surface area (Å²) in [6.07, 6.45) is -16.5. The Labute approximate surface area is 707 Å². The molecule has 0 bridgehead atoms. The van der Waals surface area contributed by atoms with E-state index in [0.29, 0.717) is 0 Å². The van der Waals surface area contributed by atoms with Gasteiger partial charge in [0.15, 0.2) is 35.6 Å². The Morgan fingerprint density at radius 3 is 0.908 bits per heavy atom. The number of rotatable bonds is 33. The first-order valence-electron chi connectivity index (χ1n) is 39.9. The molecule has 12 rings (SSSR count). The average Bonchev–Trinajstić information content (AvgIpc) is 1.58. The number of aliphatic hydroxyl groups excluding tert-OH is 3. The number of anilines is 3. The van der Waals surface area contributed by atoms with Crippen LogP contribution in [0.25, 0.3) is 33.1 Å². The molecule has 18 atom stereocenters. The fraction of sp³-hybridized carbons (Fsp3) is 0.480. The maximum absolute atomic E-state index is 14.5. The highest BCUT2D eigenvalue weighted by molar-refractivity contribution is 7.55. The third kappa shape index (κ3) is 21.6. The van der Waals surface area contributed by atoms with Crippen LogP contribution < -0.4 is 47.5 Å². The van der Waals surface area contributed by atoms with Crippen molar-refractivity contribution in [3.05, 3.63) is 159 Å². The molecule has 0 aliphatic carbocycles. The summed E-state index contributed by atoms with van der Waals surface area (Å²) < 4.78 is 207. The van der Waals surface area contributed by atoms with Crippen LogP contribution in [0.1, 0.15) is 89.2 Å². The van der Waals surface area contributed by atoms with E-state index >= 15 is 0 Å². The van der Waals surface area contributed by atoms with Gasteiger partial charge in [-0.05, 0) is 96.1 Å². The average molecular weight is 1810 g/mol. The SMILES string of the molecule is [2H]C([2H])(OP(=O)(C[C@@H](C)C(=O)OC(C)C)Oc1ccccc1)[C@H]1O[C@@H](n2ccc3c(=O)[nH]c(N)nc32)C(Cl)(CF)[C@H]1O.[2H]C([2H])(O[P@@](=O)(C[C@@H](C)C(=O)OC(C)C)Oc1ccccc1)[C@H]1O[C@@H](n2ccc3c(=O)[nH]c(N)nc32)C(Cl)(CF)[C@H]1O.[2H]C([2H])(O[P@](=O)(C[C@@H](C)C(=O)OC(C)C)Oc1ccccc1)[C@H]1O[C@@H](n2ccc3c(=O)[nH]c(N)nc32)C(Cl)(CF)[C@H]1O. The number of carbonyl (C=O) groups is 3.